The molecule has 0 aliphatic carbocycles. The van der Waals surface area contributed by atoms with Crippen LogP contribution in [0.15, 0.2) is 29.6 Å². The summed E-state index contributed by atoms with van der Waals surface area (Å²) < 4.78 is 43.3. The molecule has 2 heterocycles. The van der Waals surface area contributed by atoms with Gasteiger partial charge in [-0.2, -0.15) is 13.2 Å². The van der Waals surface area contributed by atoms with Gasteiger partial charge >= 0.3 is 6.18 Å². The van der Waals surface area contributed by atoms with E-state index in [2.05, 4.69) is 10.3 Å². The zero-order valence-corrected chi connectivity index (χ0v) is 14.6. The first kappa shape index (κ1) is 18.8. The summed E-state index contributed by atoms with van der Waals surface area (Å²) >= 11 is 1.31. The highest BCUT2D eigenvalue weighted by molar-refractivity contribution is 7.13. The Balaban J connectivity index is 1.57. The van der Waals surface area contributed by atoms with Crippen molar-refractivity contribution in [1.29, 1.82) is 0 Å². The number of alkyl halides is 3. The molecule has 0 radical (unpaired) electrons. The zero-order valence-electron chi connectivity index (χ0n) is 13.8. The Kier molecular flexibility index (Phi) is 5.59. The van der Waals surface area contributed by atoms with Crippen molar-refractivity contribution in [3.8, 4) is 10.6 Å². The van der Waals surface area contributed by atoms with Crippen LogP contribution < -0.4 is 11.1 Å². The Labute approximate surface area is 152 Å². The summed E-state index contributed by atoms with van der Waals surface area (Å²) in [5.41, 5.74) is 6.08. The Hall–Kier alpha value is -1.97. The Bertz CT molecular complexity index is 761. The van der Waals surface area contributed by atoms with E-state index in [-0.39, 0.29) is 18.6 Å². The topological polar surface area (TPSA) is 77.2 Å². The van der Waals surface area contributed by atoms with Crippen molar-refractivity contribution >= 4 is 17.2 Å². The van der Waals surface area contributed by atoms with E-state index >= 15 is 0 Å². The number of nitrogens with one attached hydrogen (secondary N) is 1. The molecule has 1 fully saturated rings. The van der Waals surface area contributed by atoms with Gasteiger partial charge in [-0.3, -0.25) is 4.79 Å². The molecule has 0 spiro atoms. The van der Waals surface area contributed by atoms with Crippen LogP contribution in [0.3, 0.4) is 0 Å². The smallest absolute Gasteiger partial charge is 0.364 e. The standard InChI is InChI=1S/C17H18F3N3O2S/c18-17(19,20)11-3-1-10(2-4-11)16-23-12(9-26-16)8-22-15(24)14-6-5-13(7-21)25-14/h1-4,9,13-14H,5-8,21H2,(H,22,24)/t13-,14+/m1/s1. The van der Waals surface area contributed by atoms with Crippen LogP contribution in [0.25, 0.3) is 10.6 Å². The van der Waals surface area contributed by atoms with E-state index in [1.165, 1.54) is 23.5 Å². The lowest BCUT2D eigenvalue weighted by molar-refractivity contribution is -0.137. The van der Waals surface area contributed by atoms with Crippen LogP contribution in [-0.2, 0) is 22.3 Å². The van der Waals surface area contributed by atoms with Gasteiger partial charge in [0, 0.05) is 17.5 Å². The summed E-state index contributed by atoms with van der Waals surface area (Å²) in [5, 5.41) is 5.14. The molecule has 2 aromatic rings. The summed E-state index contributed by atoms with van der Waals surface area (Å²) in [6.07, 6.45) is -3.51. The fourth-order valence-electron chi connectivity index (χ4n) is 2.69. The van der Waals surface area contributed by atoms with E-state index in [0.717, 1.165) is 18.6 Å². The number of hydrogen-bond donors (Lipinski definition) is 2. The molecule has 0 saturated carbocycles. The van der Waals surface area contributed by atoms with E-state index in [0.29, 0.717) is 29.2 Å². The number of benzene rings is 1. The second-order valence-corrected chi connectivity index (χ2v) is 6.85. The lowest BCUT2D eigenvalue weighted by atomic mass is 10.1. The van der Waals surface area contributed by atoms with Gasteiger partial charge in [-0.15, -0.1) is 11.3 Å². The van der Waals surface area contributed by atoms with E-state index in [4.69, 9.17) is 10.5 Å². The fourth-order valence-corrected chi connectivity index (χ4v) is 3.51. The first-order chi connectivity index (χ1) is 12.4. The monoisotopic (exact) mass is 385 g/mol. The van der Waals surface area contributed by atoms with Crippen LogP contribution in [0.2, 0.25) is 0 Å². The largest absolute Gasteiger partial charge is 0.416 e. The molecule has 9 heteroatoms. The number of rotatable bonds is 5. The molecule has 1 aliphatic heterocycles. The number of thiazole rings is 1. The minimum absolute atomic E-state index is 0.0729. The first-order valence-corrected chi connectivity index (χ1v) is 9.00. The summed E-state index contributed by atoms with van der Waals surface area (Å²) in [5.74, 6) is -0.204. The summed E-state index contributed by atoms with van der Waals surface area (Å²) in [6, 6.07) is 4.85. The van der Waals surface area contributed by atoms with Crippen LogP contribution >= 0.6 is 11.3 Å². The van der Waals surface area contributed by atoms with Gasteiger partial charge in [0.2, 0.25) is 5.91 Å². The van der Waals surface area contributed by atoms with Gasteiger partial charge in [-0.25, -0.2) is 4.98 Å². The molecular weight excluding hydrogens is 367 g/mol. The van der Waals surface area contributed by atoms with E-state index in [1.807, 2.05) is 0 Å². The minimum Gasteiger partial charge on any atom is -0.364 e. The minimum atomic E-state index is -4.36. The van der Waals surface area contributed by atoms with Crippen molar-refractivity contribution in [3.05, 3.63) is 40.9 Å². The fraction of sp³-hybridized carbons (Fsp3) is 0.412. The number of carbonyl (C=O) groups is 1. The highest BCUT2D eigenvalue weighted by Gasteiger charge is 2.30. The van der Waals surface area contributed by atoms with Crippen molar-refractivity contribution in [1.82, 2.24) is 10.3 Å². The number of nitrogens with two attached hydrogens (primary N) is 1. The second kappa shape index (κ2) is 7.73. The number of hydrogen-bond acceptors (Lipinski definition) is 5. The summed E-state index contributed by atoms with van der Waals surface area (Å²) in [6.45, 7) is 0.634. The van der Waals surface area contributed by atoms with Crippen molar-refractivity contribution in [2.45, 2.75) is 37.8 Å². The normalized spacial score (nSPS) is 20.3. The van der Waals surface area contributed by atoms with Crippen molar-refractivity contribution in [2.75, 3.05) is 6.54 Å². The predicted octanol–water partition coefficient (Wildman–Crippen LogP) is 2.95. The molecular formula is C17H18F3N3O2S. The van der Waals surface area contributed by atoms with Gasteiger partial charge in [0.1, 0.15) is 11.1 Å². The van der Waals surface area contributed by atoms with E-state index < -0.39 is 17.8 Å². The molecule has 1 saturated heterocycles. The highest BCUT2D eigenvalue weighted by Crippen LogP contribution is 2.31. The Morgan fingerprint density at radius 2 is 2.04 bits per heavy atom. The number of carbonyl (C=O) groups excluding carboxylic acids is 1. The Morgan fingerprint density at radius 3 is 2.65 bits per heavy atom. The molecule has 26 heavy (non-hydrogen) atoms. The third-order valence-corrected chi connectivity index (χ3v) is 5.06. The first-order valence-electron chi connectivity index (χ1n) is 8.12. The van der Waals surface area contributed by atoms with Crippen molar-refractivity contribution < 1.29 is 22.7 Å². The number of amides is 1. The summed E-state index contributed by atoms with van der Waals surface area (Å²) in [4.78, 5) is 16.4. The van der Waals surface area contributed by atoms with Crippen LogP contribution in [0.1, 0.15) is 24.1 Å². The van der Waals surface area contributed by atoms with Gasteiger partial charge in [0.25, 0.3) is 0 Å². The number of nitrogens with zero attached hydrogens (tertiary/aromatic N) is 1. The highest BCUT2D eigenvalue weighted by atomic mass is 32.1. The lowest BCUT2D eigenvalue weighted by Gasteiger charge is -2.11. The van der Waals surface area contributed by atoms with Crippen molar-refractivity contribution in [2.24, 2.45) is 5.73 Å². The maximum atomic E-state index is 12.6. The number of aromatic nitrogens is 1. The molecule has 1 aromatic carbocycles. The van der Waals surface area contributed by atoms with Gasteiger partial charge < -0.3 is 15.8 Å². The molecule has 1 amide bonds. The van der Waals surface area contributed by atoms with E-state index in [1.54, 1.807) is 5.38 Å². The van der Waals surface area contributed by atoms with Gasteiger partial charge in [-0.05, 0) is 25.0 Å². The number of halogens is 3. The second-order valence-electron chi connectivity index (χ2n) is 6.00. The molecule has 0 bridgehead atoms. The average Bonchev–Trinajstić information content (AvgIpc) is 3.28. The van der Waals surface area contributed by atoms with Gasteiger partial charge in [-0.1, -0.05) is 12.1 Å². The molecule has 1 aromatic heterocycles. The molecule has 0 unspecified atom stereocenters. The number of ether oxygens (including phenoxy) is 1. The van der Waals surface area contributed by atoms with Gasteiger partial charge in [0.05, 0.1) is 23.9 Å². The molecule has 1 aliphatic rings. The van der Waals surface area contributed by atoms with Crippen LogP contribution in [0.4, 0.5) is 13.2 Å². The van der Waals surface area contributed by atoms with Crippen LogP contribution in [0, 0.1) is 0 Å². The van der Waals surface area contributed by atoms with Crippen LogP contribution in [0.5, 0.6) is 0 Å². The third kappa shape index (κ3) is 4.40. The Morgan fingerprint density at radius 1 is 1.31 bits per heavy atom. The maximum Gasteiger partial charge on any atom is 0.416 e. The molecule has 3 rings (SSSR count). The molecule has 5 nitrogen and oxygen atoms in total. The third-order valence-electron chi connectivity index (χ3n) is 4.12. The van der Waals surface area contributed by atoms with Crippen LogP contribution in [-0.4, -0.2) is 29.6 Å². The molecule has 3 N–H and O–H groups in total. The summed E-state index contributed by atoms with van der Waals surface area (Å²) in [7, 11) is 0. The molecule has 140 valence electrons. The maximum absolute atomic E-state index is 12.6. The molecule has 2 atom stereocenters. The quantitative estimate of drug-likeness (QED) is 0.830. The average molecular weight is 385 g/mol. The zero-order chi connectivity index (χ0) is 18.7. The van der Waals surface area contributed by atoms with Gasteiger partial charge in [0.15, 0.2) is 0 Å². The van der Waals surface area contributed by atoms with Crippen molar-refractivity contribution in [3.63, 3.8) is 0 Å². The van der Waals surface area contributed by atoms with E-state index in [9.17, 15) is 18.0 Å². The lowest BCUT2D eigenvalue weighted by Crippen LogP contribution is -2.35. The predicted molar refractivity (Wildman–Crippen MR) is 91.3 cm³/mol. The SMILES string of the molecule is NC[C@H]1CC[C@@H](C(=O)NCc2csc(-c3ccc(C(F)(F)F)cc3)n2)O1.